The Bertz CT molecular complexity index is 512. The van der Waals surface area contributed by atoms with E-state index in [9.17, 15) is 4.79 Å². The first-order valence-electron chi connectivity index (χ1n) is 5.07. The zero-order valence-electron chi connectivity index (χ0n) is 9.19. The zero-order chi connectivity index (χ0) is 11.0. The fraction of sp³-hybridized carbons (Fsp3) is 0.333. The summed E-state index contributed by atoms with van der Waals surface area (Å²) < 4.78 is 1.96. The molecule has 15 heavy (non-hydrogen) atoms. The quantitative estimate of drug-likeness (QED) is 0.702. The molecule has 1 aromatic heterocycles. The highest BCUT2D eigenvalue weighted by molar-refractivity contribution is 5.88. The number of rotatable bonds is 2. The van der Waals surface area contributed by atoms with Crippen molar-refractivity contribution in [3.05, 3.63) is 29.5 Å². The highest BCUT2D eigenvalue weighted by Gasteiger charge is 2.09. The SMILES string of the molecule is Cc1nn(C(C)C)c2cc(C=O)ccc12. The number of carbonyl (C=O) groups is 1. The molecule has 3 nitrogen and oxygen atoms in total. The van der Waals surface area contributed by atoms with Crippen molar-refractivity contribution in [2.75, 3.05) is 0 Å². The molecule has 0 aliphatic rings. The summed E-state index contributed by atoms with van der Waals surface area (Å²) in [7, 11) is 0. The average Bonchev–Trinajstić information content (AvgIpc) is 2.56. The van der Waals surface area contributed by atoms with E-state index < -0.39 is 0 Å². The van der Waals surface area contributed by atoms with Gasteiger partial charge in [-0.1, -0.05) is 12.1 Å². The highest BCUT2D eigenvalue weighted by Crippen LogP contribution is 2.22. The minimum absolute atomic E-state index is 0.308. The maximum atomic E-state index is 10.7. The van der Waals surface area contributed by atoms with Crippen LogP contribution in [0.1, 0.15) is 35.9 Å². The fourth-order valence-corrected chi connectivity index (χ4v) is 1.78. The van der Waals surface area contributed by atoms with E-state index in [4.69, 9.17) is 0 Å². The molecule has 0 spiro atoms. The Labute approximate surface area is 88.7 Å². The van der Waals surface area contributed by atoms with Gasteiger partial charge in [-0.3, -0.25) is 9.48 Å². The van der Waals surface area contributed by atoms with Gasteiger partial charge in [-0.2, -0.15) is 5.10 Å². The van der Waals surface area contributed by atoms with Gasteiger partial charge >= 0.3 is 0 Å². The third-order valence-corrected chi connectivity index (χ3v) is 2.54. The first kappa shape index (κ1) is 9.90. The predicted octanol–water partition coefficient (Wildman–Crippen LogP) is 2.74. The normalized spacial score (nSPS) is 11.2. The molecule has 0 unspecified atom stereocenters. The molecule has 0 N–H and O–H groups in total. The lowest BCUT2D eigenvalue weighted by Crippen LogP contribution is -2.02. The molecule has 0 atom stereocenters. The van der Waals surface area contributed by atoms with Crippen LogP contribution in [0.4, 0.5) is 0 Å². The third-order valence-electron chi connectivity index (χ3n) is 2.54. The second-order valence-corrected chi connectivity index (χ2v) is 4.02. The van der Waals surface area contributed by atoms with Crippen molar-refractivity contribution in [3.8, 4) is 0 Å². The van der Waals surface area contributed by atoms with E-state index in [-0.39, 0.29) is 0 Å². The standard InChI is InChI=1S/C12H14N2O/c1-8(2)14-12-6-10(7-15)4-5-11(12)9(3)13-14/h4-8H,1-3H3. The lowest BCUT2D eigenvalue weighted by Gasteiger charge is -2.06. The van der Waals surface area contributed by atoms with Crippen LogP contribution in [0.5, 0.6) is 0 Å². The Kier molecular flexibility index (Phi) is 2.31. The largest absolute Gasteiger partial charge is 0.298 e. The molecule has 3 heteroatoms. The molecule has 0 bridgehead atoms. The van der Waals surface area contributed by atoms with Crippen LogP contribution >= 0.6 is 0 Å². The van der Waals surface area contributed by atoms with E-state index in [0.29, 0.717) is 11.6 Å². The van der Waals surface area contributed by atoms with Crippen LogP contribution in [0, 0.1) is 6.92 Å². The summed E-state index contributed by atoms with van der Waals surface area (Å²) in [5.41, 5.74) is 2.74. The van der Waals surface area contributed by atoms with Crippen molar-refractivity contribution in [3.63, 3.8) is 0 Å². The molecule has 2 rings (SSSR count). The minimum Gasteiger partial charge on any atom is -0.298 e. The molecule has 0 saturated heterocycles. The molecule has 0 saturated carbocycles. The molecule has 0 aliphatic carbocycles. The van der Waals surface area contributed by atoms with E-state index in [1.54, 1.807) is 0 Å². The van der Waals surface area contributed by atoms with Crippen molar-refractivity contribution in [1.82, 2.24) is 9.78 Å². The van der Waals surface area contributed by atoms with Crippen LogP contribution in [0.15, 0.2) is 18.2 Å². The number of aldehydes is 1. The van der Waals surface area contributed by atoms with E-state index in [1.165, 1.54) is 0 Å². The number of aromatic nitrogens is 2. The molecule has 1 heterocycles. The van der Waals surface area contributed by atoms with Gasteiger partial charge in [0.15, 0.2) is 0 Å². The molecule has 2 aromatic rings. The Hall–Kier alpha value is -1.64. The Morgan fingerprint density at radius 2 is 2.13 bits per heavy atom. The summed E-state index contributed by atoms with van der Waals surface area (Å²) in [5, 5.41) is 5.59. The second kappa shape index (κ2) is 3.50. The zero-order valence-corrected chi connectivity index (χ0v) is 9.19. The Morgan fingerprint density at radius 3 is 2.73 bits per heavy atom. The van der Waals surface area contributed by atoms with Crippen LogP contribution in [-0.4, -0.2) is 16.1 Å². The fourth-order valence-electron chi connectivity index (χ4n) is 1.78. The van der Waals surface area contributed by atoms with Crippen molar-refractivity contribution < 1.29 is 4.79 Å². The summed E-state index contributed by atoms with van der Waals surface area (Å²) >= 11 is 0. The van der Waals surface area contributed by atoms with E-state index in [2.05, 4.69) is 18.9 Å². The van der Waals surface area contributed by atoms with Gasteiger partial charge in [-0.05, 0) is 26.8 Å². The maximum Gasteiger partial charge on any atom is 0.150 e. The van der Waals surface area contributed by atoms with Crippen molar-refractivity contribution in [2.45, 2.75) is 26.8 Å². The molecule has 0 aliphatic heterocycles. The number of carbonyl (C=O) groups excluding carboxylic acids is 1. The number of hydrogen-bond donors (Lipinski definition) is 0. The molecule has 1 aromatic carbocycles. The van der Waals surface area contributed by atoms with Gasteiger partial charge in [-0.15, -0.1) is 0 Å². The first-order valence-corrected chi connectivity index (χ1v) is 5.07. The number of nitrogens with zero attached hydrogens (tertiary/aromatic N) is 2. The van der Waals surface area contributed by atoms with Crippen LogP contribution in [-0.2, 0) is 0 Å². The summed E-state index contributed by atoms with van der Waals surface area (Å²) in [4.78, 5) is 10.7. The van der Waals surface area contributed by atoms with Crippen LogP contribution in [0.25, 0.3) is 10.9 Å². The monoisotopic (exact) mass is 202 g/mol. The molecule has 0 fully saturated rings. The van der Waals surface area contributed by atoms with Gasteiger partial charge in [0.25, 0.3) is 0 Å². The van der Waals surface area contributed by atoms with Crippen LogP contribution in [0.3, 0.4) is 0 Å². The van der Waals surface area contributed by atoms with Crippen LogP contribution < -0.4 is 0 Å². The van der Waals surface area contributed by atoms with Crippen molar-refractivity contribution in [1.29, 1.82) is 0 Å². The molecular weight excluding hydrogens is 188 g/mol. The van der Waals surface area contributed by atoms with Crippen molar-refractivity contribution in [2.24, 2.45) is 0 Å². The molecule has 78 valence electrons. The average molecular weight is 202 g/mol. The van der Waals surface area contributed by atoms with E-state index >= 15 is 0 Å². The molecule has 0 amide bonds. The van der Waals surface area contributed by atoms with Gasteiger partial charge < -0.3 is 0 Å². The van der Waals surface area contributed by atoms with Gasteiger partial charge in [0.05, 0.1) is 11.2 Å². The number of benzene rings is 1. The summed E-state index contributed by atoms with van der Waals surface area (Å²) in [5.74, 6) is 0. The first-order chi connectivity index (χ1) is 7.13. The van der Waals surface area contributed by atoms with Gasteiger partial charge in [-0.25, -0.2) is 0 Å². The summed E-state index contributed by atoms with van der Waals surface area (Å²) in [6, 6.07) is 5.99. The Morgan fingerprint density at radius 1 is 1.40 bits per heavy atom. The maximum absolute atomic E-state index is 10.7. The van der Waals surface area contributed by atoms with Crippen molar-refractivity contribution >= 4 is 17.2 Å². The smallest absolute Gasteiger partial charge is 0.150 e. The molecule has 0 radical (unpaired) electrons. The molecular formula is C12H14N2O. The summed E-state index contributed by atoms with van der Waals surface area (Å²) in [6.45, 7) is 6.15. The minimum atomic E-state index is 0.308. The topological polar surface area (TPSA) is 34.9 Å². The van der Waals surface area contributed by atoms with Gasteiger partial charge in [0.2, 0.25) is 0 Å². The van der Waals surface area contributed by atoms with E-state index in [1.807, 2.05) is 29.8 Å². The number of hydrogen-bond acceptors (Lipinski definition) is 2. The second-order valence-electron chi connectivity index (χ2n) is 4.02. The number of aryl methyl sites for hydroxylation is 1. The predicted molar refractivity (Wildman–Crippen MR) is 60.2 cm³/mol. The Balaban J connectivity index is 2.77. The lowest BCUT2D eigenvalue weighted by molar-refractivity contribution is 0.112. The van der Waals surface area contributed by atoms with Gasteiger partial charge in [0, 0.05) is 17.0 Å². The highest BCUT2D eigenvalue weighted by atomic mass is 16.1. The number of fused-ring (bicyclic) bond motifs is 1. The van der Waals surface area contributed by atoms with Gasteiger partial charge in [0.1, 0.15) is 6.29 Å². The lowest BCUT2D eigenvalue weighted by atomic mass is 10.1. The third kappa shape index (κ3) is 1.54. The van der Waals surface area contributed by atoms with Crippen LogP contribution in [0.2, 0.25) is 0 Å². The van der Waals surface area contributed by atoms with E-state index in [0.717, 1.165) is 22.9 Å². The summed E-state index contributed by atoms with van der Waals surface area (Å²) in [6.07, 6.45) is 0.868.